The lowest BCUT2D eigenvalue weighted by Gasteiger charge is -2.11. The highest BCUT2D eigenvalue weighted by Crippen LogP contribution is 2.18. The number of benzene rings is 1. The molecule has 9 nitrogen and oxygen atoms in total. The summed E-state index contributed by atoms with van der Waals surface area (Å²) < 4.78 is 10.3. The molecule has 0 saturated heterocycles. The molecule has 0 radical (unpaired) electrons. The molecule has 0 unspecified atom stereocenters. The van der Waals surface area contributed by atoms with Crippen molar-refractivity contribution < 1.29 is 14.3 Å². The third kappa shape index (κ3) is 3.69. The van der Waals surface area contributed by atoms with Gasteiger partial charge in [-0.25, -0.2) is 0 Å². The average Bonchev–Trinajstić information content (AvgIpc) is 2.95. The molecule has 0 fully saturated rings. The van der Waals surface area contributed by atoms with Crippen molar-refractivity contribution in [3.63, 3.8) is 0 Å². The van der Waals surface area contributed by atoms with Crippen LogP contribution in [-0.4, -0.2) is 23.9 Å². The number of hydrogen-bond donors (Lipinski definition) is 2. The van der Waals surface area contributed by atoms with Gasteiger partial charge in [-0.2, -0.15) is 5.10 Å². The number of nitrogens with zero attached hydrogens (tertiary/aromatic N) is 4. The number of ether oxygens (including phenoxy) is 1. The molecule has 1 aliphatic carbocycles. The zero-order chi connectivity index (χ0) is 16.9. The summed E-state index contributed by atoms with van der Waals surface area (Å²) in [6, 6.07) is 7.30. The van der Waals surface area contributed by atoms with E-state index in [2.05, 4.69) is 20.0 Å². The van der Waals surface area contributed by atoms with Crippen molar-refractivity contribution in [1.82, 2.24) is 5.16 Å². The van der Waals surface area contributed by atoms with E-state index in [1.54, 1.807) is 0 Å². The summed E-state index contributed by atoms with van der Waals surface area (Å²) in [5.41, 5.74) is 13.4. The zero-order valence-electron chi connectivity index (χ0n) is 12.8. The van der Waals surface area contributed by atoms with Crippen LogP contribution in [0.5, 0.6) is 5.75 Å². The summed E-state index contributed by atoms with van der Waals surface area (Å²) in [4.78, 5) is 0.451. The van der Waals surface area contributed by atoms with E-state index in [1.807, 2.05) is 30.3 Å². The van der Waals surface area contributed by atoms with Crippen LogP contribution in [0, 0.1) is 5.21 Å². The lowest BCUT2D eigenvalue weighted by Crippen LogP contribution is -2.30. The van der Waals surface area contributed by atoms with E-state index in [9.17, 15) is 5.21 Å². The van der Waals surface area contributed by atoms with Crippen molar-refractivity contribution in [2.75, 3.05) is 6.61 Å². The molecule has 24 heavy (non-hydrogen) atoms. The van der Waals surface area contributed by atoms with Gasteiger partial charge in [-0.1, -0.05) is 6.08 Å². The van der Waals surface area contributed by atoms with Crippen molar-refractivity contribution in [3.8, 4) is 5.75 Å². The molecular formula is C15H16N6O3. The molecule has 1 aromatic heterocycles. The average molecular weight is 328 g/mol. The second-order valence-electron chi connectivity index (χ2n) is 5.19. The molecule has 4 N–H and O–H groups in total. The summed E-state index contributed by atoms with van der Waals surface area (Å²) in [6.45, 7) is 0.395. The quantitative estimate of drug-likeness (QED) is 0.261. The van der Waals surface area contributed by atoms with Gasteiger partial charge in [0.25, 0.3) is 0 Å². The second kappa shape index (κ2) is 6.82. The third-order valence-electron chi connectivity index (χ3n) is 3.44. The maximum absolute atomic E-state index is 11.4. The first-order valence-electron chi connectivity index (χ1n) is 7.22. The predicted octanol–water partition coefficient (Wildman–Crippen LogP) is 0.0193. The first-order valence-corrected chi connectivity index (χ1v) is 7.22. The molecule has 124 valence electrons. The first kappa shape index (κ1) is 15.5. The Kier molecular flexibility index (Phi) is 4.41. The minimum Gasteiger partial charge on any atom is -0.489 e. The molecule has 0 spiro atoms. The SMILES string of the molecule is NC(N)=N/N=C/c1ccc(OCC2=CCc3no[n+]([O-])c3C2)cc1. The fourth-order valence-electron chi connectivity index (χ4n) is 2.24. The topological polar surface area (TPSA) is 139 Å². The highest BCUT2D eigenvalue weighted by Gasteiger charge is 2.23. The predicted molar refractivity (Wildman–Crippen MR) is 86.3 cm³/mol. The second-order valence-corrected chi connectivity index (χ2v) is 5.19. The number of aromatic nitrogens is 2. The van der Waals surface area contributed by atoms with Gasteiger partial charge in [-0.3, -0.25) is 4.63 Å². The maximum Gasteiger partial charge on any atom is 0.225 e. The van der Waals surface area contributed by atoms with Gasteiger partial charge in [-0.05, 0) is 40.3 Å². The van der Waals surface area contributed by atoms with Crippen molar-refractivity contribution in [1.29, 1.82) is 0 Å². The van der Waals surface area contributed by atoms with Crippen molar-refractivity contribution in [2.45, 2.75) is 12.8 Å². The molecule has 0 atom stereocenters. The fourth-order valence-corrected chi connectivity index (χ4v) is 2.24. The van der Waals surface area contributed by atoms with Gasteiger partial charge in [0.15, 0.2) is 0 Å². The van der Waals surface area contributed by atoms with E-state index in [1.165, 1.54) is 6.21 Å². The van der Waals surface area contributed by atoms with Crippen LogP contribution in [0.2, 0.25) is 0 Å². The molecule has 0 aliphatic heterocycles. The molecule has 0 amide bonds. The van der Waals surface area contributed by atoms with E-state index in [0.29, 0.717) is 41.5 Å². The monoisotopic (exact) mass is 328 g/mol. The number of allylic oxidation sites excluding steroid dienone is 1. The largest absolute Gasteiger partial charge is 0.489 e. The van der Waals surface area contributed by atoms with Crippen LogP contribution in [0.3, 0.4) is 0 Å². The highest BCUT2D eigenvalue weighted by molar-refractivity contribution is 5.81. The Morgan fingerprint density at radius 3 is 2.92 bits per heavy atom. The number of rotatable bonds is 5. The van der Waals surface area contributed by atoms with E-state index in [4.69, 9.17) is 16.2 Å². The molecule has 0 bridgehead atoms. The summed E-state index contributed by atoms with van der Waals surface area (Å²) in [5.74, 6) is 0.614. The van der Waals surface area contributed by atoms with Gasteiger partial charge in [0.1, 0.15) is 12.4 Å². The zero-order valence-corrected chi connectivity index (χ0v) is 12.8. The van der Waals surface area contributed by atoms with Crippen molar-refractivity contribution >= 4 is 12.2 Å². The Hall–Kier alpha value is -3.36. The molecule has 9 heteroatoms. The van der Waals surface area contributed by atoms with Crippen LogP contribution < -0.4 is 21.1 Å². The summed E-state index contributed by atoms with van der Waals surface area (Å²) in [6.07, 6.45) is 4.59. The summed E-state index contributed by atoms with van der Waals surface area (Å²) in [5, 5.41) is 22.4. The van der Waals surface area contributed by atoms with E-state index in [0.717, 1.165) is 11.1 Å². The number of nitrogens with two attached hydrogens (primary N) is 2. The van der Waals surface area contributed by atoms with Crippen LogP contribution >= 0.6 is 0 Å². The van der Waals surface area contributed by atoms with E-state index < -0.39 is 0 Å². The summed E-state index contributed by atoms with van der Waals surface area (Å²) >= 11 is 0. The van der Waals surface area contributed by atoms with Gasteiger partial charge >= 0.3 is 0 Å². The Labute approximate surface area is 137 Å². The highest BCUT2D eigenvalue weighted by atomic mass is 16.8. The Bertz CT molecular complexity index is 803. The maximum atomic E-state index is 11.4. The fraction of sp³-hybridized carbons (Fsp3) is 0.200. The summed E-state index contributed by atoms with van der Waals surface area (Å²) in [7, 11) is 0. The molecule has 0 saturated carbocycles. The van der Waals surface area contributed by atoms with Gasteiger partial charge < -0.3 is 21.4 Å². The minimum absolute atomic E-state index is 0.0951. The van der Waals surface area contributed by atoms with Crippen LogP contribution in [0.15, 0.2) is 50.7 Å². The van der Waals surface area contributed by atoms with Crippen LogP contribution in [0.25, 0.3) is 0 Å². The van der Waals surface area contributed by atoms with Crippen LogP contribution in [0.1, 0.15) is 17.0 Å². The lowest BCUT2D eigenvalue weighted by atomic mass is 10.0. The minimum atomic E-state index is -0.0951. The smallest absolute Gasteiger partial charge is 0.225 e. The van der Waals surface area contributed by atoms with Gasteiger partial charge in [-0.15, -0.1) is 5.10 Å². The Morgan fingerprint density at radius 2 is 2.17 bits per heavy atom. The molecule has 3 rings (SSSR count). The third-order valence-corrected chi connectivity index (χ3v) is 3.44. The van der Waals surface area contributed by atoms with Gasteiger partial charge in [0.05, 0.1) is 6.21 Å². The molecule has 1 heterocycles. The Morgan fingerprint density at radius 1 is 1.38 bits per heavy atom. The van der Waals surface area contributed by atoms with Gasteiger partial charge in [0.2, 0.25) is 17.3 Å². The molecule has 1 aliphatic rings. The van der Waals surface area contributed by atoms with Crippen LogP contribution in [0.4, 0.5) is 0 Å². The molecule has 1 aromatic carbocycles. The standard InChI is InChI=1S/C15H16N6O3/c16-15(17)19-18-8-10-1-4-12(5-2-10)23-9-11-3-6-13-14(7-11)21(22)24-20-13/h1-5,8H,6-7,9H2,(H4,16,17,19)/b18-8+. The molecular weight excluding hydrogens is 312 g/mol. The lowest BCUT2D eigenvalue weighted by molar-refractivity contribution is -0.807. The van der Waals surface area contributed by atoms with Crippen molar-refractivity contribution in [3.05, 3.63) is 58.1 Å². The van der Waals surface area contributed by atoms with E-state index in [-0.39, 0.29) is 5.96 Å². The number of hydrogen-bond acceptors (Lipinski definition) is 6. The first-order chi connectivity index (χ1) is 11.6. The number of guanidine groups is 1. The van der Waals surface area contributed by atoms with Crippen molar-refractivity contribution in [2.24, 2.45) is 21.7 Å². The normalized spacial score (nSPS) is 13.4. The molecule has 2 aromatic rings. The van der Waals surface area contributed by atoms with Gasteiger partial charge in [0, 0.05) is 18.0 Å². The Balaban J connectivity index is 1.56. The van der Waals surface area contributed by atoms with Crippen LogP contribution in [-0.2, 0) is 12.8 Å². The number of fused-ring (bicyclic) bond motifs is 1. The van der Waals surface area contributed by atoms with E-state index >= 15 is 0 Å².